The molecule has 0 atom stereocenters. The van der Waals surface area contributed by atoms with Crippen LogP contribution in [-0.4, -0.2) is 26.1 Å². The van der Waals surface area contributed by atoms with E-state index < -0.39 is 4.92 Å². The maximum atomic E-state index is 13.3. The number of fused-ring (bicyclic) bond motifs is 1. The molecule has 0 bridgehead atoms. The molecule has 32 heavy (non-hydrogen) atoms. The van der Waals surface area contributed by atoms with E-state index in [1.165, 1.54) is 28.8 Å². The van der Waals surface area contributed by atoms with Gasteiger partial charge in [-0.3, -0.25) is 24.3 Å². The van der Waals surface area contributed by atoms with Crippen molar-refractivity contribution in [2.45, 2.75) is 12.1 Å². The number of nitrogens with one attached hydrogen (secondary N) is 1. The number of anilines is 1. The van der Waals surface area contributed by atoms with Crippen molar-refractivity contribution in [1.29, 1.82) is 0 Å². The molecule has 0 unspecified atom stereocenters. The van der Waals surface area contributed by atoms with Gasteiger partial charge in [-0.25, -0.2) is 4.98 Å². The number of hydrogen-bond donors (Lipinski definition) is 1. The molecule has 0 aliphatic rings. The van der Waals surface area contributed by atoms with Crippen molar-refractivity contribution in [3.63, 3.8) is 0 Å². The second kappa shape index (κ2) is 9.03. The number of carbonyl (C=O) groups excluding carboxylic acids is 1. The third-order valence-electron chi connectivity index (χ3n) is 4.80. The first-order valence-corrected chi connectivity index (χ1v) is 10.7. The zero-order valence-corrected chi connectivity index (χ0v) is 17.8. The van der Waals surface area contributed by atoms with Gasteiger partial charge in [0.2, 0.25) is 5.91 Å². The van der Waals surface area contributed by atoms with E-state index in [0.29, 0.717) is 27.4 Å². The zero-order valence-electron chi connectivity index (χ0n) is 17.0. The van der Waals surface area contributed by atoms with Crippen LogP contribution in [0.15, 0.2) is 82.7 Å². The molecule has 0 aliphatic carbocycles. The summed E-state index contributed by atoms with van der Waals surface area (Å²) in [7, 11) is 0. The Kier molecular flexibility index (Phi) is 6.00. The van der Waals surface area contributed by atoms with E-state index in [0.717, 1.165) is 17.3 Å². The average Bonchev–Trinajstić information content (AvgIpc) is 2.79. The predicted octanol–water partition coefficient (Wildman–Crippen LogP) is 4.33. The summed E-state index contributed by atoms with van der Waals surface area (Å²) in [6.45, 7) is 1.91. The number of carbonyl (C=O) groups is 1. The van der Waals surface area contributed by atoms with Crippen LogP contribution in [0.25, 0.3) is 16.6 Å². The molecular weight excluding hydrogens is 428 g/mol. The largest absolute Gasteiger partial charge is 0.325 e. The zero-order chi connectivity index (χ0) is 22.7. The Morgan fingerprint density at radius 3 is 2.47 bits per heavy atom. The fraction of sp³-hybridized carbons (Fsp3) is 0.0870. The third-order valence-corrected chi connectivity index (χ3v) is 5.73. The molecular formula is C23H18N4O4S. The van der Waals surface area contributed by atoms with Gasteiger partial charge in [0.25, 0.3) is 11.2 Å². The Morgan fingerprint density at radius 1 is 1.06 bits per heavy atom. The molecule has 1 N–H and O–H groups in total. The van der Waals surface area contributed by atoms with Crippen LogP contribution in [0.4, 0.5) is 11.4 Å². The molecule has 160 valence electrons. The van der Waals surface area contributed by atoms with Gasteiger partial charge in [-0.05, 0) is 42.8 Å². The Labute approximate surface area is 187 Å². The van der Waals surface area contributed by atoms with Crippen molar-refractivity contribution in [1.82, 2.24) is 9.55 Å². The Bertz CT molecular complexity index is 1380. The van der Waals surface area contributed by atoms with Gasteiger partial charge in [0.1, 0.15) is 0 Å². The number of nitro groups is 1. The maximum absolute atomic E-state index is 13.3. The summed E-state index contributed by atoms with van der Waals surface area (Å²) in [5.41, 5.74) is 2.35. The Morgan fingerprint density at radius 2 is 1.75 bits per heavy atom. The summed E-state index contributed by atoms with van der Waals surface area (Å²) >= 11 is 1.15. The fourth-order valence-electron chi connectivity index (χ4n) is 3.23. The molecule has 8 nitrogen and oxygen atoms in total. The number of aromatic nitrogens is 2. The second-order valence-electron chi connectivity index (χ2n) is 6.98. The molecule has 0 aliphatic heterocycles. The van der Waals surface area contributed by atoms with E-state index in [4.69, 9.17) is 0 Å². The van der Waals surface area contributed by atoms with E-state index >= 15 is 0 Å². The topological polar surface area (TPSA) is 107 Å². The fourth-order valence-corrected chi connectivity index (χ4v) is 4.04. The lowest BCUT2D eigenvalue weighted by Crippen LogP contribution is -2.23. The quantitative estimate of drug-likeness (QED) is 0.204. The summed E-state index contributed by atoms with van der Waals surface area (Å²) in [5.74, 6) is -0.309. The monoisotopic (exact) mass is 446 g/mol. The van der Waals surface area contributed by atoms with E-state index in [9.17, 15) is 19.7 Å². The summed E-state index contributed by atoms with van der Waals surface area (Å²) in [6, 6.07) is 20.2. The molecule has 0 spiro atoms. The Balaban J connectivity index is 1.63. The lowest BCUT2D eigenvalue weighted by molar-refractivity contribution is -0.384. The van der Waals surface area contributed by atoms with Crippen molar-refractivity contribution in [2.75, 3.05) is 11.1 Å². The first-order chi connectivity index (χ1) is 15.4. The highest BCUT2D eigenvalue weighted by Gasteiger charge is 2.16. The second-order valence-corrected chi connectivity index (χ2v) is 7.92. The number of thioether (sulfide) groups is 1. The van der Waals surface area contributed by atoms with Crippen LogP contribution >= 0.6 is 11.8 Å². The van der Waals surface area contributed by atoms with Crippen molar-refractivity contribution in [2.24, 2.45) is 0 Å². The van der Waals surface area contributed by atoms with Crippen LogP contribution in [0.2, 0.25) is 0 Å². The molecule has 0 saturated heterocycles. The summed E-state index contributed by atoms with van der Waals surface area (Å²) < 4.78 is 1.53. The van der Waals surface area contributed by atoms with E-state index in [2.05, 4.69) is 10.3 Å². The number of non-ortho nitro benzene ring substituents is 1. The Hall–Kier alpha value is -3.98. The minimum absolute atomic E-state index is 0.00759. The van der Waals surface area contributed by atoms with Crippen molar-refractivity contribution >= 4 is 39.9 Å². The number of nitro benzene ring substituents is 1. The van der Waals surface area contributed by atoms with Crippen LogP contribution in [0, 0.1) is 17.0 Å². The van der Waals surface area contributed by atoms with Crippen molar-refractivity contribution in [3.05, 3.63) is 98.8 Å². The smallest absolute Gasteiger partial charge is 0.269 e. The lowest BCUT2D eigenvalue weighted by atomic mass is 10.2. The molecule has 0 radical (unpaired) electrons. The molecule has 1 amide bonds. The van der Waals surface area contributed by atoms with Gasteiger partial charge >= 0.3 is 0 Å². The van der Waals surface area contributed by atoms with Crippen molar-refractivity contribution in [3.8, 4) is 5.69 Å². The van der Waals surface area contributed by atoms with Crippen LogP contribution < -0.4 is 10.9 Å². The van der Waals surface area contributed by atoms with Crippen LogP contribution in [0.5, 0.6) is 0 Å². The maximum Gasteiger partial charge on any atom is 0.269 e. The number of benzene rings is 3. The van der Waals surface area contributed by atoms with Gasteiger partial charge in [-0.2, -0.15) is 0 Å². The predicted molar refractivity (Wildman–Crippen MR) is 125 cm³/mol. The normalized spacial score (nSPS) is 10.8. The highest BCUT2D eigenvalue weighted by molar-refractivity contribution is 7.99. The molecule has 0 saturated carbocycles. The first-order valence-electron chi connectivity index (χ1n) is 9.69. The SMILES string of the molecule is Cc1ccccc1-n1c(SCC(=O)Nc2ccc([N+](=O)[O-])cc2)nc2ccccc2c1=O. The number of aryl methyl sites for hydroxylation is 1. The standard InChI is InChI=1S/C23H18N4O4S/c1-15-6-2-5-9-20(15)26-22(29)18-7-3-4-8-19(18)25-23(26)32-14-21(28)24-16-10-12-17(13-11-16)27(30)31/h2-13H,14H2,1H3,(H,24,28). The van der Waals surface area contributed by atoms with Gasteiger partial charge in [0.05, 0.1) is 27.3 Å². The molecule has 9 heteroatoms. The number of amides is 1. The molecule has 3 aromatic carbocycles. The average molecular weight is 446 g/mol. The van der Waals surface area contributed by atoms with Gasteiger partial charge in [0.15, 0.2) is 5.16 Å². The minimum atomic E-state index is -0.502. The first kappa shape index (κ1) is 21.3. The van der Waals surface area contributed by atoms with Gasteiger partial charge in [-0.1, -0.05) is 42.1 Å². The van der Waals surface area contributed by atoms with Crippen LogP contribution in [0.3, 0.4) is 0 Å². The molecule has 1 heterocycles. The van der Waals surface area contributed by atoms with E-state index in [-0.39, 0.29) is 22.9 Å². The number of nitrogens with zero attached hydrogens (tertiary/aromatic N) is 3. The minimum Gasteiger partial charge on any atom is -0.325 e. The van der Waals surface area contributed by atoms with Crippen LogP contribution in [0.1, 0.15) is 5.56 Å². The van der Waals surface area contributed by atoms with Crippen molar-refractivity contribution < 1.29 is 9.72 Å². The molecule has 4 aromatic rings. The van der Waals surface area contributed by atoms with Gasteiger partial charge in [0, 0.05) is 17.8 Å². The third kappa shape index (κ3) is 4.37. The van der Waals surface area contributed by atoms with E-state index in [1.807, 2.05) is 37.3 Å². The highest BCUT2D eigenvalue weighted by atomic mass is 32.2. The summed E-state index contributed by atoms with van der Waals surface area (Å²) in [5, 5.41) is 14.4. The molecule has 0 fully saturated rings. The van der Waals surface area contributed by atoms with E-state index in [1.54, 1.807) is 18.2 Å². The lowest BCUT2D eigenvalue weighted by Gasteiger charge is -2.15. The van der Waals surface area contributed by atoms with Crippen LogP contribution in [-0.2, 0) is 4.79 Å². The number of hydrogen-bond acceptors (Lipinski definition) is 6. The molecule has 4 rings (SSSR count). The van der Waals surface area contributed by atoms with Gasteiger partial charge < -0.3 is 5.32 Å². The summed E-state index contributed by atoms with van der Waals surface area (Å²) in [4.78, 5) is 40.7. The number of rotatable bonds is 6. The number of para-hydroxylation sites is 2. The van der Waals surface area contributed by atoms with Gasteiger partial charge in [-0.15, -0.1) is 0 Å². The summed E-state index contributed by atoms with van der Waals surface area (Å²) in [6.07, 6.45) is 0. The molecule has 1 aromatic heterocycles. The highest BCUT2D eigenvalue weighted by Crippen LogP contribution is 2.23.